The summed E-state index contributed by atoms with van der Waals surface area (Å²) in [6, 6.07) is 0. The summed E-state index contributed by atoms with van der Waals surface area (Å²) in [4.78, 5) is 4.88. The van der Waals surface area contributed by atoms with Gasteiger partial charge in [0, 0.05) is 19.6 Å². The minimum atomic E-state index is 0.294. The van der Waals surface area contributed by atoms with Gasteiger partial charge >= 0.3 is 0 Å². The Morgan fingerprint density at radius 2 is 1.15 bits per heavy atom. The predicted molar refractivity (Wildman–Crippen MR) is 115 cm³/mol. The molecule has 1 heterocycles. The highest BCUT2D eigenvalue weighted by molar-refractivity contribution is 4.81. The maximum Gasteiger partial charge on any atom is 0.0558 e. The van der Waals surface area contributed by atoms with E-state index in [-0.39, 0.29) is 0 Å². The predicted octanol–water partition coefficient (Wildman–Crippen LogP) is 5.59. The molecule has 0 saturated carbocycles. The van der Waals surface area contributed by atoms with E-state index in [1.165, 1.54) is 103 Å². The van der Waals surface area contributed by atoms with E-state index in [1.807, 2.05) is 0 Å². The Morgan fingerprint density at radius 1 is 0.654 bits per heavy atom. The number of nitrogens with zero attached hydrogens (tertiary/aromatic N) is 2. The van der Waals surface area contributed by atoms with Crippen molar-refractivity contribution in [3.8, 4) is 0 Å². The summed E-state index contributed by atoms with van der Waals surface area (Å²) in [6.07, 6.45) is 24.1. The fourth-order valence-electron chi connectivity index (χ4n) is 3.80. The van der Waals surface area contributed by atoms with Crippen molar-refractivity contribution in [3.63, 3.8) is 0 Å². The monoisotopic (exact) mass is 366 g/mol. The Morgan fingerprint density at radius 3 is 1.73 bits per heavy atom. The number of allylic oxidation sites excluding steroid dienone is 2. The van der Waals surface area contributed by atoms with E-state index < -0.39 is 0 Å². The Labute approximate surface area is 163 Å². The molecule has 0 spiro atoms. The minimum Gasteiger partial charge on any atom is -0.395 e. The van der Waals surface area contributed by atoms with E-state index in [9.17, 15) is 0 Å². The summed E-state index contributed by atoms with van der Waals surface area (Å²) in [7, 11) is 0. The molecule has 1 N–H and O–H groups in total. The second kappa shape index (κ2) is 18.0. The average Bonchev–Trinajstić information content (AvgIpc) is 3.09. The molecule has 0 aromatic rings. The molecule has 0 aliphatic carbocycles. The molecular weight excluding hydrogens is 320 g/mol. The molecule has 0 amide bonds. The van der Waals surface area contributed by atoms with E-state index in [0.29, 0.717) is 6.61 Å². The number of aliphatic hydroxyl groups excluding tert-OH is 1. The highest BCUT2D eigenvalue weighted by Gasteiger charge is 2.17. The molecule has 1 saturated heterocycles. The topological polar surface area (TPSA) is 26.7 Å². The standard InChI is InChI=1S/C23H46N2O/c1-2-3-4-5-6-7-8-9-10-11-12-13-14-15-16-17-18-24-19-20-25(23-24)21-22-26/h9-10,26H,2-8,11-23H2,1H3/b10-9-. The maximum absolute atomic E-state index is 8.97. The van der Waals surface area contributed by atoms with Crippen molar-refractivity contribution >= 4 is 0 Å². The Bertz CT molecular complexity index is 319. The summed E-state index contributed by atoms with van der Waals surface area (Å²) < 4.78 is 0. The molecule has 1 rings (SSSR count). The van der Waals surface area contributed by atoms with Gasteiger partial charge in [-0.1, -0.05) is 76.9 Å². The summed E-state index contributed by atoms with van der Waals surface area (Å²) in [5, 5.41) is 8.97. The Hall–Kier alpha value is -0.380. The number of aliphatic hydroxyl groups is 1. The fourth-order valence-corrected chi connectivity index (χ4v) is 3.80. The zero-order chi connectivity index (χ0) is 18.7. The lowest BCUT2D eigenvalue weighted by Gasteiger charge is -2.16. The molecule has 3 nitrogen and oxygen atoms in total. The van der Waals surface area contributed by atoms with E-state index >= 15 is 0 Å². The largest absolute Gasteiger partial charge is 0.395 e. The van der Waals surface area contributed by atoms with Crippen molar-refractivity contribution in [1.29, 1.82) is 0 Å². The van der Waals surface area contributed by atoms with Gasteiger partial charge in [0.05, 0.1) is 13.3 Å². The van der Waals surface area contributed by atoms with Crippen LogP contribution in [0.1, 0.15) is 96.8 Å². The zero-order valence-electron chi connectivity index (χ0n) is 17.6. The van der Waals surface area contributed by atoms with Gasteiger partial charge in [-0.3, -0.25) is 9.80 Å². The first kappa shape index (κ1) is 23.7. The lowest BCUT2D eigenvalue weighted by molar-refractivity contribution is 0.191. The fraction of sp³-hybridized carbons (Fsp3) is 0.913. The normalized spacial score (nSPS) is 16.2. The molecule has 0 aromatic heterocycles. The van der Waals surface area contributed by atoms with Crippen LogP contribution in [0.5, 0.6) is 0 Å². The molecule has 0 radical (unpaired) electrons. The van der Waals surface area contributed by atoms with Gasteiger partial charge in [0.25, 0.3) is 0 Å². The molecule has 0 atom stereocenters. The number of hydrogen-bond donors (Lipinski definition) is 1. The van der Waals surface area contributed by atoms with Gasteiger partial charge in [-0.05, 0) is 38.6 Å². The molecule has 3 heteroatoms. The lowest BCUT2D eigenvalue weighted by atomic mass is 10.1. The van der Waals surface area contributed by atoms with Gasteiger partial charge in [-0.15, -0.1) is 0 Å². The SMILES string of the molecule is CCCCCCCC/C=C\CCCCCCCCN1CCN(CCO)C1. The summed E-state index contributed by atoms with van der Waals surface area (Å²) in [6.45, 7) is 8.03. The van der Waals surface area contributed by atoms with Crippen molar-refractivity contribution in [2.24, 2.45) is 0 Å². The van der Waals surface area contributed by atoms with E-state index in [1.54, 1.807) is 0 Å². The third-order valence-corrected chi connectivity index (χ3v) is 5.53. The lowest BCUT2D eigenvalue weighted by Crippen LogP contribution is -2.28. The van der Waals surface area contributed by atoms with Crippen molar-refractivity contribution in [1.82, 2.24) is 9.80 Å². The molecule has 0 aromatic carbocycles. The van der Waals surface area contributed by atoms with Crippen LogP contribution in [0, 0.1) is 0 Å². The van der Waals surface area contributed by atoms with E-state index in [4.69, 9.17) is 5.11 Å². The van der Waals surface area contributed by atoms with Crippen LogP contribution in [-0.2, 0) is 0 Å². The highest BCUT2D eigenvalue weighted by atomic mass is 16.3. The molecule has 1 aliphatic rings. The van der Waals surface area contributed by atoms with Crippen LogP contribution < -0.4 is 0 Å². The molecule has 154 valence electrons. The van der Waals surface area contributed by atoms with Crippen LogP contribution in [0.25, 0.3) is 0 Å². The van der Waals surface area contributed by atoms with Crippen LogP contribution >= 0.6 is 0 Å². The molecule has 26 heavy (non-hydrogen) atoms. The average molecular weight is 367 g/mol. The van der Waals surface area contributed by atoms with Crippen molar-refractivity contribution in [3.05, 3.63) is 12.2 Å². The molecule has 0 bridgehead atoms. The van der Waals surface area contributed by atoms with Crippen molar-refractivity contribution < 1.29 is 5.11 Å². The van der Waals surface area contributed by atoms with Crippen LogP contribution in [0.15, 0.2) is 12.2 Å². The molecular formula is C23H46N2O. The van der Waals surface area contributed by atoms with E-state index in [2.05, 4.69) is 28.9 Å². The zero-order valence-corrected chi connectivity index (χ0v) is 17.6. The molecule has 0 unspecified atom stereocenters. The smallest absolute Gasteiger partial charge is 0.0558 e. The first-order valence-corrected chi connectivity index (χ1v) is 11.6. The first-order chi connectivity index (χ1) is 12.9. The minimum absolute atomic E-state index is 0.294. The van der Waals surface area contributed by atoms with Crippen molar-refractivity contribution in [2.75, 3.05) is 39.5 Å². The summed E-state index contributed by atoms with van der Waals surface area (Å²) in [5.41, 5.74) is 0. The van der Waals surface area contributed by atoms with Gasteiger partial charge in [0.2, 0.25) is 0 Å². The number of unbranched alkanes of at least 4 members (excludes halogenated alkanes) is 12. The molecule has 1 fully saturated rings. The maximum atomic E-state index is 8.97. The third kappa shape index (κ3) is 13.8. The number of rotatable bonds is 18. The van der Waals surface area contributed by atoms with E-state index in [0.717, 1.165) is 19.8 Å². The van der Waals surface area contributed by atoms with Gasteiger partial charge in [0.15, 0.2) is 0 Å². The quantitative estimate of drug-likeness (QED) is 0.253. The Balaban J connectivity index is 1.75. The van der Waals surface area contributed by atoms with Crippen LogP contribution in [-0.4, -0.2) is 54.4 Å². The number of β-amino-alcohol motifs (C(OH)–C–C–N with tert-alkyl or cyclic N) is 1. The van der Waals surface area contributed by atoms with Crippen LogP contribution in [0.2, 0.25) is 0 Å². The Kier molecular flexibility index (Phi) is 16.4. The van der Waals surface area contributed by atoms with Crippen LogP contribution in [0.4, 0.5) is 0 Å². The second-order valence-corrected chi connectivity index (χ2v) is 8.04. The van der Waals surface area contributed by atoms with Gasteiger partial charge in [-0.25, -0.2) is 0 Å². The summed E-state index contributed by atoms with van der Waals surface area (Å²) >= 11 is 0. The number of hydrogen-bond acceptors (Lipinski definition) is 3. The van der Waals surface area contributed by atoms with Crippen LogP contribution in [0.3, 0.4) is 0 Å². The third-order valence-electron chi connectivity index (χ3n) is 5.53. The second-order valence-electron chi connectivity index (χ2n) is 8.04. The summed E-state index contributed by atoms with van der Waals surface area (Å²) in [5.74, 6) is 0. The molecule has 1 aliphatic heterocycles. The van der Waals surface area contributed by atoms with Gasteiger partial charge in [-0.2, -0.15) is 0 Å². The first-order valence-electron chi connectivity index (χ1n) is 11.6. The van der Waals surface area contributed by atoms with Gasteiger partial charge in [0.1, 0.15) is 0 Å². The highest BCUT2D eigenvalue weighted by Crippen LogP contribution is 2.11. The van der Waals surface area contributed by atoms with Crippen molar-refractivity contribution in [2.45, 2.75) is 96.8 Å². The van der Waals surface area contributed by atoms with Gasteiger partial charge < -0.3 is 5.11 Å².